The minimum absolute atomic E-state index is 0.0182. The number of anilines is 1. The molecule has 7 nitrogen and oxygen atoms in total. The Morgan fingerprint density at radius 1 is 1.40 bits per heavy atom. The standard InChI is InChI=1S/C12H14FN3O4/c1-5-7(13)2-6(11(15)19)3-9(5)16-12(20)8(14)4-10(17)18/h2-3,8H,4,14H2,1H3,(H2,15,19)(H,16,20)(H,17,18). The van der Waals surface area contributed by atoms with E-state index in [9.17, 15) is 18.8 Å². The average Bonchev–Trinajstić information content (AvgIpc) is 2.33. The van der Waals surface area contributed by atoms with Crippen molar-refractivity contribution in [3.63, 3.8) is 0 Å². The van der Waals surface area contributed by atoms with Crippen LogP contribution < -0.4 is 16.8 Å². The Morgan fingerprint density at radius 2 is 2.00 bits per heavy atom. The third-order valence-electron chi connectivity index (χ3n) is 2.62. The summed E-state index contributed by atoms with van der Waals surface area (Å²) in [5.41, 5.74) is 10.4. The van der Waals surface area contributed by atoms with Crippen LogP contribution in [-0.2, 0) is 9.59 Å². The van der Waals surface area contributed by atoms with E-state index in [2.05, 4.69) is 5.32 Å². The van der Waals surface area contributed by atoms with Crippen LogP contribution in [-0.4, -0.2) is 28.9 Å². The number of carbonyl (C=O) groups is 3. The zero-order chi connectivity index (χ0) is 15.4. The molecule has 0 aromatic heterocycles. The van der Waals surface area contributed by atoms with Gasteiger partial charge in [-0.15, -0.1) is 0 Å². The minimum Gasteiger partial charge on any atom is -0.481 e. The van der Waals surface area contributed by atoms with Crippen LogP contribution in [0, 0.1) is 12.7 Å². The molecule has 0 aliphatic carbocycles. The van der Waals surface area contributed by atoms with Gasteiger partial charge in [-0.05, 0) is 19.1 Å². The Kier molecular flexibility index (Phi) is 4.76. The average molecular weight is 283 g/mol. The van der Waals surface area contributed by atoms with Crippen LogP contribution in [0.5, 0.6) is 0 Å². The van der Waals surface area contributed by atoms with Crippen LogP contribution in [0.25, 0.3) is 0 Å². The fourth-order valence-electron chi connectivity index (χ4n) is 1.46. The molecule has 0 aliphatic rings. The molecule has 0 saturated heterocycles. The van der Waals surface area contributed by atoms with Crippen LogP contribution in [0.15, 0.2) is 12.1 Å². The predicted octanol–water partition coefficient (Wildman–Crippen LogP) is -0.0265. The largest absolute Gasteiger partial charge is 0.481 e. The maximum atomic E-state index is 13.6. The summed E-state index contributed by atoms with van der Waals surface area (Å²) in [6, 6.07) is 0.864. The minimum atomic E-state index is -1.29. The molecular weight excluding hydrogens is 269 g/mol. The van der Waals surface area contributed by atoms with Crippen molar-refractivity contribution in [2.45, 2.75) is 19.4 Å². The van der Waals surface area contributed by atoms with E-state index in [0.29, 0.717) is 0 Å². The molecule has 0 fully saturated rings. The first-order valence-electron chi connectivity index (χ1n) is 5.60. The molecule has 8 heteroatoms. The van der Waals surface area contributed by atoms with E-state index in [1.807, 2.05) is 0 Å². The molecule has 0 heterocycles. The van der Waals surface area contributed by atoms with E-state index in [1.165, 1.54) is 13.0 Å². The van der Waals surface area contributed by atoms with Crippen molar-refractivity contribution in [1.29, 1.82) is 0 Å². The molecular formula is C12H14FN3O4. The molecule has 1 aromatic carbocycles. The highest BCUT2D eigenvalue weighted by Crippen LogP contribution is 2.20. The van der Waals surface area contributed by atoms with Crippen molar-refractivity contribution in [2.75, 3.05) is 5.32 Å². The Labute approximate surface area is 113 Å². The molecule has 0 radical (unpaired) electrons. The Hall–Kier alpha value is -2.48. The van der Waals surface area contributed by atoms with Gasteiger partial charge < -0.3 is 21.9 Å². The second-order valence-corrected chi connectivity index (χ2v) is 4.19. The number of primary amides is 1. The number of benzene rings is 1. The maximum absolute atomic E-state index is 13.6. The molecule has 0 spiro atoms. The van der Waals surface area contributed by atoms with Crippen molar-refractivity contribution in [2.24, 2.45) is 11.5 Å². The number of amides is 2. The second kappa shape index (κ2) is 6.11. The zero-order valence-corrected chi connectivity index (χ0v) is 10.6. The Balaban J connectivity index is 2.99. The number of carbonyl (C=O) groups excluding carboxylic acids is 2. The third kappa shape index (κ3) is 3.75. The van der Waals surface area contributed by atoms with Gasteiger partial charge in [0.1, 0.15) is 5.82 Å². The quantitative estimate of drug-likeness (QED) is 0.601. The number of nitrogens with two attached hydrogens (primary N) is 2. The fourth-order valence-corrected chi connectivity index (χ4v) is 1.46. The molecule has 1 atom stereocenters. The summed E-state index contributed by atoms with van der Waals surface area (Å²) in [5, 5.41) is 10.8. The van der Waals surface area contributed by atoms with Gasteiger partial charge in [-0.3, -0.25) is 14.4 Å². The van der Waals surface area contributed by atoms with Crippen LogP contribution in [0.1, 0.15) is 22.3 Å². The lowest BCUT2D eigenvalue weighted by Gasteiger charge is -2.13. The highest BCUT2D eigenvalue weighted by molar-refractivity contribution is 5.99. The lowest BCUT2D eigenvalue weighted by atomic mass is 10.1. The molecule has 0 saturated carbocycles. The zero-order valence-electron chi connectivity index (χ0n) is 10.6. The SMILES string of the molecule is Cc1c(F)cc(C(N)=O)cc1NC(=O)C(N)CC(=O)O. The van der Waals surface area contributed by atoms with E-state index >= 15 is 0 Å². The van der Waals surface area contributed by atoms with E-state index in [1.54, 1.807) is 0 Å². The Bertz CT molecular complexity index is 574. The molecule has 0 bridgehead atoms. The van der Waals surface area contributed by atoms with Crippen molar-refractivity contribution in [1.82, 2.24) is 0 Å². The second-order valence-electron chi connectivity index (χ2n) is 4.19. The normalized spacial score (nSPS) is 11.8. The van der Waals surface area contributed by atoms with Gasteiger partial charge in [-0.1, -0.05) is 0 Å². The van der Waals surface area contributed by atoms with Gasteiger partial charge in [0, 0.05) is 16.8 Å². The summed E-state index contributed by atoms with van der Waals surface area (Å²) in [6.07, 6.45) is -0.567. The first-order chi connectivity index (χ1) is 9.22. The lowest BCUT2D eigenvalue weighted by Crippen LogP contribution is -2.37. The summed E-state index contributed by atoms with van der Waals surface area (Å²) >= 11 is 0. The predicted molar refractivity (Wildman–Crippen MR) is 68.5 cm³/mol. The topological polar surface area (TPSA) is 136 Å². The summed E-state index contributed by atoms with van der Waals surface area (Å²) in [7, 11) is 0. The Morgan fingerprint density at radius 3 is 2.50 bits per heavy atom. The highest BCUT2D eigenvalue weighted by Gasteiger charge is 2.19. The number of carboxylic acid groups (broad SMARTS) is 1. The number of aliphatic carboxylic acids is 1. The molecule has 1 rings (SSSR count). The number of hydrogen-bond donors (Lipinski definition) is 4. The maximum Gasteiger partial charge on any atom is 0.305 e. The molecule has 1 aromatic rings. The van der Waals surface area contributed by atoms with Crippen molar-refractivity contribution in [3.05, 3.63) is 29.1 Å². The molecule has 20 heavy (non-hydrogen) atoms. The molecule has 2 amide bonds. The lowest BCUT2D eigenvalue weighted by molar-refractivity contribution is -0.138. The van der Waals surface area contributed by atoms with Gasteiger partial charge in [0.25, 0.3) is 0 Å². The van der Waals surface area contributed by atoms with Gasteiger partial charge in [0.15, 0.2) is 0 Å². The van der Waals surface area contributed by atoms with E-state index in [0.717, 1.165) is 6.07 Å². The molecule has 0 aliphatic heterocycles. The van der Waals surface area contributed by atoms with Crippen LogP contribution in [0.2, 0.25) is 0 Å². The van der Waals surface area contributed by atoms with Crippen LogP contribution in [0.4, 0.5) is 10.1 Å². The molecule has 6 N–H and O–H groups in total. The van der Waals surface area contributed by atoms with E-state index < -0.39 is 36.1 Å². The first kappa shape index (κ1) is 15.6. The van der Waals surface area contributed by atoms with Gasteiger partial charge in [0.2, 0.25) is 11.8 Å². The van der Waals surface area contributed by atoms with Crippen molar-refractivity contribution in [3.8, 4) is 0 Å². The smallest absolute Gasteiger partial charge is 0.305 e. The van der Waals surface area contributed by atoms with Crippen LogP contribution >= 0.6 is 0 Å². The number of nitrogens with one attached hydrogen (secondary N) is 1. The molecule has 108 valence electrons. The van der Waals surface area contributed by atoms with Gasteiger partial charge in [-0.2, -0.15) is 0 Å². The summed E-state index contributed by atoms with van der Waals surface area (Å²) in [4.78, 5) is 33.1. The van der Waals surface area contributed by atoms with E-state index in [4.69, 9.17) is 16.6 Å². The monoisotopic (exact) mass is 283 g/mol. The number of hydrogen-bond acceptors (Lipinski definition) is 4. The van der Waals surface area contributed by atoms with Gasteiger partial charge >= 0.3 is 5.97 Å². The number of carboxylic acids is 1. The highest BCUT2D eigenvalue weighted by atomic mass is 19.1. The first-order valence-corrected chi connectivity index (χ1v) is 5.60. The molecule has 1 unspecified atom stereocenters. The van der Waals surface area contributed by atoms with Gasteiger partial charge in [0.05, 0.1) is 12.5 Å². The van der Waals surface area contributed by atoms with Gasteiger partial charge in [-0.25, -0.2) is 4.39 Å². The third-order valence-corrected chi connectivity index (χ3v) is 2.62. The number of halogens is 1. The van der Waals surface area contributed by atoms with Crippen LogP contribution in [0.3, 0.4) is 0 Å². The summed E-state index contributed by atoms with van der Waals surface area (Å²) in [5.74, 6) is -3.60. The number of rotatable bonds is 5. The summed E-state index contributed by atoms with van der Waals surface area (Å²) in [6.45, 7) is 1.39. The van der Waals surface area contributed by atoms with Crippen molar-refractivity contribution < 1.29 is 23.9 Å². The van der Waals surface area contributed by atoms with Crippen molar-refractivity contribution >= 4 is 23.5 Å². The fraction of sp³-hybridized carbons (Fsp3) is 0.250. The van der Waals surface area contributed by atoms with E-state index in [-0.39, 0.29) is 16.8 Å². The summed E-state index contributed by atoms with van der Waals surface area (Å²) < 4.78 is 13.6.